The average molecular weight is 1540 g/mol. The first kappa shape index (κ1) is 80.1. The molecule has 6 fully saturated rings. The fraction of sp³-hybridized carbons (Fsp3) is 0.570. The van der Waals surface area contributed by atoms with Crippen LogP contribution in [0.2, 0.25) is 0 Å². The number of nitrogens with one attached hydrogen (secondary N) is 4. The summed E-state index contributed by atoms with van der Waals surface area (Å²) in [4.78, 5) is 82.8. The van der Waals surface area contributed by atoms with E-state index < -0.39 is 82.3 Å². The number of benzene rings is 4. The lowest BCUT2D eigenvalue weighted by Gasteiger charge is -2.72. The van der Waals surface area contributed by atoms with Crippen molar-refractivity contribution in [3.05, 3.63) is 131 Å². The predicted molar refractivity (Wildman–Crippen MR) is 409 cm³/mol. The largest absolute Gasteiger partial charge is 0.501 e. The molecule has 3 aliphatic heterocycles. The first-order valence-corrected chi connectivity index (χ1v) is 42.3. The topological polar surface area (TPSA) is 251 Å². The molecule has 5 N–H and O–H groups in total. The molecular weight excluding hydrogens is 1430 g/mol. The van der Waals surface area contributed by atoms with E-state index in [9.17, 15) is 59.1 Å². The molecule has 20 nitrogen and oxygen atoms in total. The Morgan fingerprint density at radius 1 is 0.783 bits per heavy atom. The minimum absolute atomic E-state index is 0.00912. The summed E-state index contributed by atoms with van der Waals surface area (Å²) in [6.07, 6.45) is 11.0. The highest BCUT2D eigenvalue weighted by molar-refractivity contribution is 7.99. The number of alkyl halides is 3. The van der Waals surface area contributed by atoms with Crippen molar-refractivity contribution in [2.24, 2.45) is 21.7 Å². The van der Waals surface area contributed by atoms with Gasteiger partial charge in [0.2, 0.25) is 23.6 Å². The molecule has 1 aromatic heterocycles. The molecule has 7 aliphatic rings. The minimum atomic E-state index is -6.16. The van der Waals surface area contributed by atoms with Gasteiger partial charge in [0.1, 0.15) is 17.0 Å². The van der Waals surface area contributed by atoms with Crippen LogP contribution in [0.25, 0.3) is 10.4 Å². The standard InChI is InChI=1S/C79H105F3N10O10S4/c1-53(55-21-23-56(24-22-55)70-54(2)83-52-104-70)84-73(97)66-43-61(93)47-92(66)74(98)71(75(3,4)5)86-68(94)19-15-10-9-11-16-20-69(95)91-41-35-88(36-42-91)34-32-59(48-103-62-17-13-12-14-18-62)85-65-30-29-63(44-67(65)105(99,100)79(80,81)82)106(101,102)87-72(96)57-25-27-60(28-26-57)90-39-37-89(38-40-90)46-58-31-33-76(6,7)45-64(58)78-49-77(8,50-78)51-78/h12-14,17-18,21-30,44,52-53,59,61,66,71,85,93H,9-11,15-16,19-20,31-43,45-51H2,1-8H3,(H,84,97)(H,86,94)(H,87,96)/t53-,59+,61+,66-,71+,77?,78?/m0/s1. The van der Waals surface area contributed by atoms with E-state index in [0.29, 0.717) is 80.7 Å². The summed E-state index contributed by atoms with van der Waals surface area (Å²) in [5.74, 6) is -1.87. The Balaban J connectivity index is 0.621. The van der Waals surface area contributed by atoms with Gasteiger partial charge in [0.05, 0.1) is 38.8 Å². The number of anilines is 2. The van der Waals surface area contributed by atoms with Crippen molar-refractivity contribution in [1.82, 2.24) is 39.9 Å². The van der Waals surface area contributed by atoms with Crippen LogP contribution in [0, 0.1) is 28.6 Å². The highest BCUT2D eigenvalue weighted by Gasteiger charge is 2.67. The fourth-order valence-electron chi connectivity index (χ4n) is 16.5. The number of likely N-dealkylation sites (tertiary alicyclic amines) is 1. The number of carbonyl (C=O) groups excluding carboxylic acids is 5. The van der Waals surface area contributed by atoms with Crippen molar-refractivity contribution >= 4 is 83.9 Å². The number of aromatic nitrogens is 1. The van der Waals surface area contributed by atoms with E-state index in [-0.39, 0.29) is 54.5 Å². The average Bonchev–Trinajstić information content (AvgIpc) is 0.731. The number of aryl methyl sites for hydroxylation is 1. The van der Waals surface area contributed by atoms with Gasteiger partial charge in [-0.1, -0.05) is 114 Å². The second-order valence-corrected chi connectivity index (χ2v) is 38.1. The van der Waals surface area contributed by atoms with Crippen LogP contribution in [0.1, 0.15) is 172 Å². The number of sulfonamides is 1. The zero-order chi connectivity index (χ0) is 76.2. The number of rotatable bonds is 30. The monoisotopic (exact) mass is 1540 g/mol. The quantitative estimate of drug-likeness (QED) is 0.0163. The SMILES string of the molecule is Cc1ncsc1-c1ccc([C@H](C)NC(=O)[C@@H]2C[C@@H](O)CN2C(=O)[C@@H](NC(=O)CCCCCCCC(=O)N2CCN(CC[C@H](CSc3ccccc3)Nc3ccc(S(=O)(=O)NC(=O)c4ccc(N5CCN(CC6=C(C78CC(C)(C7)C8)CC(C)(C)CC6)CC5)cc4)cc3S(=O)(=O)C(F)(F)F)CC2)C(C)(C)C)cc1. The third-order valence-electron chi connectivity index (χ3n) is 22.4. The summed E-state index contributed by atoms with van der Waals surface area (Å²) in [7, 11) is -11.1. The summed E-state index contributed by atoms with van der Waals surface area (Å²) in [6, 6.07) is 23.1. The summed E-state index contributed by atoms with van der Waals surface area (Å²) in [5.41, 5.74) is 3.16. The Bertz CT molecular complexity index is 4210. The Labute approximate surface area is 631 Å². The second-order valence-electron chi connectivity index (χ2n) is 32.5. The van der Waals surface area contributed by atoms with Crippen molar-refractivity contribution in [2.75, 3.05) is 88.0 Å². The van der Waals surface area contributed by atoms with E-state index >= 15 is 0 Å². The maximum Gasteiger partial charge on any atom is 0.501 e. The zero-order valence-corrected chi connectivity index (χ0v) is 65.6. The Morgan fingerprint density at radius 3 is 2.07 bits per heavy atom. The van der Waals surface area contributed by atoms with Crippen molar-refractivity contribution in [1.29, 1.82) is 0 Å². The molecule has 0 spiro atoms. The van der Waals surface area contributed by atoms with Gasteiger partial charge in [0.25, 0.3) is 25.8 Å². The summed E-state index contributed by atoms with van der Waals surface area (Å²) >= 11 is 2.97. The highest BCUT2D eigenvalue weighted by atomic mass is 32.2. The lowest BCUT2D eigenvalue weighted by atomic mass is 9.33. The Hall–Kier alpha value is -6.88. The van der Waals surface area contributed by atoms with Crippen LogP contribution in [0.3, 0.4) is 0 Å². The fourth-order valence-corrected chi connectivity index (χ4v) is 20.3. The van der Waals surface area contributed by atoms with E-state index in [1.54, 1.807) is 40.1 Å². The van der Waals surface area contributed by atoms with Crippen LogP contribution in [-0.4, -0.2) is 184 Å². The van der Waals surface area contributed by atoms with E-state index in [1.165, 1.54) is 60.9 Å². The first-order valence-electron chi connectivity index (χ1n) is 37.4. The molecule has 27 heteroatoms. The van der Waals surface area contributed by atoms with Crippen LogP contribution in [0.4, 0.5) is 24.5 Å². The first-order chi connectivity index (χ1) is 50.1. The molecule has 106 heavy (non-hydrogen) atoms. The van der Waals surface area contributed by atoms with Crippen LogP contribution >= 0.6 is 23.1 Å². The summed E-state index contributed by atoms with van der Waals surface area (Å²) in [5, 5.41) is 19.8. The van der Waals surface area contributed by atoms with Crippen molar-refractivity contribution < 1.29 is 59.1 Å². The van der Waals surface area contributed by atoms with Gasteiger partial charge in [-0.2, -0.15) is 13.2 Å². The Kier molecular flexibility index (Phi) is 25.1. The molecule has 5 aromatic rings. The number of carbonyl (C=O) groups is 5. The molecule has 5 atom stereocenters. The number of halogens is 3. The number of sulfone groups is 1. The minimum Gasteiger partial charge on any atom is -0.391 e. The summed E-state index contributed by atoms with van der Waals surface area (Å²) in [6.45, 7) is 23.1. The molecule has 3 saturated carbocycles. The van der Waals surface area contributed by atoms with Crippen LogP contribution in [0.5, 0.6) is 0 Å². The molecule has 0 radical (unpaired) electrons. The number of unbranched alkanes of at least 4 members (excludes halogenated alkanes) is 4. The van der Waals surface area contributed by atoms with Crippen LogP contribution in [0.15, 0.2) is 128 Å². The molecule has 3 saturated heterocycles. The normalized spacial score (nSPS) is 22.4. The second kappa shape index (κ2) is 33.1. The Morgan fingerprint density at radius 2 is 1.43 bits per heavy atom. The smallest absolute Gasteiger partial charge is 0.391 e. The summed E-state index contributed by atoms with van der Waals surface area (Å²) < 4.78 is 100. The number of nitrogens with zero attached hydrogens (tertiary/aromatic N) is 6. The molecular formula is C79H105F3N10O10S4. The molecule has 5 amide bonds. The van der Waals surface area contributed by atoms with Gasteiger partial charge in [-0.25, -0.2) is 26.5 Å². The van der Waals surface area contributed by atoms with Crippen molar-refractivity contribution in [3.8, 4) is 10.4 Å². The number of hydrogen-bond donors (Lipinski definition) is 5. The lowest BCUT2D eigenvalue weighted by molar-refractivity contribution is -0.167. The highest BCUT2D eigenvalue weighted by Crippen LogP contribution is 2.77. The van der Waals surface area contributed by atoms with Gasteiger partial charge in [0, 0.05) is 119 Å². The molecule has 4 heterocycles. The lowest BCUT2D eigenvalue weighted by Crippen LogP contribution is -2.61. The maximum atomic E-state index is 14.6. The van der Waals surface area contributed by atoms with Crippen molar-refractivity contribution in [3.63, 3.8) is 0 Å². The number of aliphatic hydroxyl groups excluding tert-OH is 1. The molecule has 4 aromatic carbocycles. The number of aliphatic hydroxyl groups is 1. The number of thioether (sulfide) groups is 1. The van der Waals surface area contributed by atoms with E-state index in [2.05, 4.69) is 56.4 Å². The molecule has 2 bridgehead atoms. The number of amides is 5. The van der Waals surface area contributed by atoms with Crippen LogP contribution in [-0.2, 0) is 39.0 Å². The predicted octanol–water partition coefficient (Wildman–Crippen LogP) is 12.6. The molecule has 4 aliphatic carbocycles. The van der Waals surface area contributed by atoms with Gasteiger partial charge in [-0.15, -0.1) is 23.1 Å². The maximum absolute atomic E-state index is 14.6. The third kappa shape index (κ3) is 19.4. The number of thiazole rings is 1. The van der Waals surface area contributed by atoms with Gasteiger partial charge in [-0.05, 0) is 159 Å². The number of β-amino-alcohol motifs (C(OH)–C–C–N with tert-alkyl or cyclic N) is 1. The van der Waals surface area contributed by atoms with E-state index in [1.807, 2.05) is 98.8 Å². The van der Waals surface area contributed by atoms with Gasteiger partial charge < -0.3 is 35.8 Å². The number of allylic oxidation sites excluding steroid dienone is 1. The van der Waals surface area contributed by atoms with E-state index in [0.717, 1.165) is 103 Å². The van der Waals surface area contributed by atoms with Gasteiger partial charge in [0.15, 0.2) is 0 Å². The zero-order valence-electron chi connectivity index (χ0n) is 62.4. The van der Waals surface area contributed by atoms with Crippen molar-refractivity contribution in [2.45, 2.75) is 202 Å². The van der Waals surface area contributed by atoms with Gasteiger partial charge >= 0.3 is 5.51 Å². The number of piperazine rings is 2. The van der Waals surface area contributed by atoms with E-state index in [4.69, 9.17) is 0 Å². The molecule has 0 unspecified atom stereocenters. The number of hydrogen-bond acceptors (Lipinski definition) is 17. The third-order valence-corrected chi connectivity index (χ3v) is 27.4. The van der Waals surface area contributed by atoms with Gasteiger partial charge in [-0.3, -0.25) is 33.8 Å². The molecule has 12 rings (SSSR count). The van der Waals surface area contributed by atoms with Crippen LogP contribution < -0.4 is 25.6 Å². The molecule has 576 valence electrons.